The van der Waals surface area contributed by atoms with Crippen LogP contribution in [-0.2, 0) is 149 Å². The molecular weight excluding hydrogens is 1990 g/mol. The quantitative estimate of drug-likeness (QED) is 0.00839. The molecule has 0 spiro atoms. The van der Waals surface area contributed by atoms with E-state index in [1.54, 1.807) is 182 Å². The van der Waals surface area contributed by atoms with Gasteiger partial charge in [-0.3, -0.25) is 19.2 Å². The van der Waals surface area contributed by atoms with Crippen LogP contribution < -0.4 is 101 Å². The van der Waals surface area contributed by atoms with Crippen molar-refractivity contribution in [3.05, 3.63) is 356 Å². The largest absolute Gasteiger partial charge is 1.00 e. The molecule has 148 heavy (non-hydrogen) atoms. The number of furan rings is 4. The van der Waals surface area contributed by atoms with Gasteiger partial charge in [-0.05, 0) is 196 Å². The number of ether oxygens (including phenoxy) is 8. The zero-order valence-electron chi connectivity index (χ0n) is 84.2. The summed E-state index contributed by atoms with van der Waals surface area (Å²) in [7, 11) is 9.40. The molecule has 3 radical (unpaired) electrons. The first-order valence-electron chi connectivity index (χ1n) is 46.1. The third-order valence-electron chi connectivity index (χ3n) is 22.7. The zero-order valence-corrected chi connectivity index (χ0v) is 87.7. The number of nitriles is 1. The Kier molecular flexibility index (Phi) is 47.5. The van der Waals surface area contributed by atoms with Crippen molar-refractivity contribution in [2.75, 3.05) is 19.8 Å². The van der Waals surface area contributed by atoms with Gasteiger partial charge in [-0.2, -0.15) is 5.26 Å². The number of alkyl carbamates (subject to hydrolysis) is 1. The number of carboxylic acid groups (broad SMARTS) is 1. The number of nitrogens with zero attached hydrogens (tertiary/aromatic N) is 1. The van der Waals surface area contributed by atoms with E-state index in [9.17, 15) is 34.3 Å². The summed E-state index contributed by atoms with van der Waals surface area (Å²) < 4.78 is 129. The second-order valence-electron chi connectivity index (χ2n) is 33.7. The summed E-state index contributed by atoms with van der Waals surface area (Å²) in [5.74, 6) is -1.53. The minimum Gasteiger partial charge on any atom is -1.00 e. The first-order valence-corrected chi connectivity index (χ1v) is 48.8. The molecule has 4 heterocycles. The van der Waals surface area contributed by atoms with Crippen molar-refractivity contribution in [3.63, 3.8) is 0 Å². The Morgan fingerprint density at radius 3 is 0.980 bits per heavy atom. The minimum atomic E-state index is -0.951. The fourth-order valence-electron chi connectivity index (χ4n) is 15.9. The van der Waals surface area contributed by atoms with Gasteiger partial charge in [-0.1, -0.05) is 122 Å². The van der Waals surface area contributed by atoms with Crippen LogP contribution >= 0.6 is 20.4 Å². The van der Waals surface area contributed by atoms with Crippen LogP contribution in [-0.4, -0.2) is 74.4 Å². The Morgan fingerprint density at radius 2 is 0.689 bits per heavy atom. The molecule has 36 heteroatoms. The third kappa shape index (κ3) is 32.2. The smallest absolute Gasteiger partial charge is 1.00 e. The van der Waals surface area contributed by atoms with Crippen LogP contribution in [0.4, 0.5) is 22.4 Å². The number of aliphatic carboxylic acids is 1. The molecule has 0 atom stereocenters. The van der Waals surface area contributed by atoms with Gasteiger partial charge in [0.05, 0.1) is 82.2 Å². The number of carboxylic acids is 1. The molecule has 1 amide bonds. The van der Waals surface area contributed by atoms with Crippen molar-refractivity contribution < 1.29 is 170 Å². The van der Waals surface area contributed by atoms with Crippen LogP contribution in [0.25, 0.3) is 88.4 Å². The standard InChI is InChI=1S/C32H31FN2O6.C28H28FNO4.C27H27FN2O4.C25H23FN2O4.B.2ClH.Li.Na.Ni.H2O.H/c1-5-38-28(36)16-22-10-9-20(17-34)15-27(22)40-19-21-13-23-11-12-39-30(23)26(14-21)25-8-6-7-24(29(25)33)18-35-31(37)41-32(2,3)4;1-3-20-6-5-7-23(27(20)29)24-13-19(12-22-10-11-33-28(22)24)17-34-25-14-18(16-30)8-9-21(25)15-26(31)32-4-2;1-2-32-25(31)13-19-7-6-17(14-29)12-24(19)34-16-18-10-20-8-9-33-27(20)23(11-18)22-5-3-4-21(15-30)26(22)28;26-24-19(13-28)2-1-3-20(24)21-9-16(8-18-6-7-31-25(18)21)14-32-22-10-15(12-27)4-5-17(22)11-23(29)30;;;;;;;;/h6-15H,5,16,18-19H2,1-4H3,(H,35,37);5-14H,3-4,15-17,30H2,1-2H3;3-12H,2,13-16,29-30H2,1H3;1-10H,11-14,27-28H2,(H,29,30);;2*1H;;;;1H2;/q;;;;;;;2*+1;+2;;-1/p-3. The van der Waals surface area contributed by atoms with Crippen molar-refractivity contribution >= 4 is 103 Å². The number of benzene rings is 12. The molecule has 4 aromatic heterocycles. The number of carbonyl (C=O) groups excluding carboxylic acids is 4. The van der Waals surface area contributed by atoms with Gasteiger partial charge in [0.25, 0.3) is 0 Å². The van der Waals surface area contributed by atoms with E-state index < -0.39 is 29.5 Å². The Balaban J connectivity index is 0.000000264. The summed E-state index contributed by atoms with van der Waals surface area (Å²) in [6.45, 7) is 15.2. The van der Waals surface area contributed by atoms with Crippen LogP contribution in [0, 0.1) is 34.6 Å². The fraction of sp³-hybridized carbons (Fsp3) is 0.232. The molecule has 0 aliphatic rings. The molecular formula is C112H111BCl2F4LiN7NaNiO19. The average molecular weight is 2110 g/mol. The van der Waals surface area contributed by atoms with E-state index in [0.717, 1.165) is 66.1 Å². The first-order chi connectivity index (χ1) is 69.5. The van der Waals surface area contributed by atoms with Crippen LogP contribution in [0.2, 0.25) is 0 Å². The van der Waals surface area contributed by atoms with E-state index in [0.29, 0.717) is 181 Å². The normalized spacial score (nSPS) is 10.7. The summed E-state index contributed by atoms with van der Waals surface area (Å²) in [6.07, 6.45) is 6.25. The topological polar surface area (TPSA) is 428 Å². The van der Waals surface area contributed by atoms with Crippen molar-refractivity contribution in [2.45, 2.75) is 152 Å². The predicted octanol–water partition coefficient (Wildman–Crippen LogP) is 16.9. The summed E-state index contributed by atoms with van der Waals surface area (Å²) in [4.78, 5) is 59.5. The number of hydrogen-bond acceptors (Lipinski definition) is 24. The Labute approximate surface area is 906 Å². The summed E-state index contributed by atoms with van der Waals surface area (Å²) >= 11 is 0.569. The first kappa shape index (κ1) is 120. The van der Waals surface area contributed by atoms with Gasteiger partial charge >= 0.3 is 111 Å². The van der Waals surface area contributed by atoms with Crippen LogP contribution in [0.5, 0.6) is 23.0 Å². The van der Waals surface area contributed by atoms with E-state index >= 15 is 17.6 Å². The van der Waals surface area contributed by atoms with E-state index in [-0.39, 0.29) is 177 Å². The van der Waals surface area contributed by atoms with Crippen LogP contribution in [0.3, 0.4) is 0 Å². The molecule has 16 aromatic rings. The molecule has 12 aromatic carbocycles. The second-order valence-corrected chi connectivity index (χ2v) is 35.4. The van der Waals surface area contributed by atoms with Gasteiger partial charge in [-0.15, -0.1) is 0 Å². The Bertz CT molecular complexity index is 7090. The average Bonchev–Trinajstić information content (AvgIpc) is 1.69. The number of nitrogens with one attached hydrogen (secondary N) is 1. The monoisotopic (exact) mass is 2100 g/mol. The van der Waals surface area contributed by atoms with Crippen molar-refractivity contribution in [1.29, 1.82) is 5.26 Å². The van der Waals surface area contributed by atoms with Crippen LogP contribution in [0.1, 0.15) is 139 Å². The van der Waals surface area contributed by atoms with Gasteiger partial charge in [0.15, 0.2) is 0 Å². The number of fused-ring (bicyclic) bond motifs is 4. The predicted molar refractivity (Wildman–Crippen MR) is 549 cm³/mol. The number of halogens is 6. The van der Waals surface area contributed by atoms with Gasteiger partial charge in [0.1, 0.15) is 101 Å². The van der Waals surface area contributed by atoms with Crippen molar-refractivity contribution in [1.82, 2.24) is 5.32 Å². The van der Waals surface area contributed by atoms with E-state index in [1.807, 2.05) is 104 Å². The SMILES string of the molecule is CCOC(=O)Cc1ccc(C#N)cc1OCc1cc(-c2cccc(CNC(=O)OC(C)(C)C)c2F)c2occc2c1.CCOC(=O)Cc1ccc(CN)cc1OCc1cc(-c2cccc(CC)c2F)c2occc2c1.CCOC(=O)Cc1ccc(CN)cc1OCc1cc(-c2cccc(CN)c2F)c2occc2c1.NCc1ccc(CC(=O)O)c(OCc2cc(-c3cccc(CN)c3F)c3occc3c2)c1.[B].[Cl][Ni][Cl].[H-].[Li+].[Na+].[OH-]. The summed E-state index contributed by atoms with van der Waals surface area (Å²) in [6, 6.07) is 66.1. The molecule has 26 nitrogen and oxygen atoms in total. The maximum absolute atomic E-state index is 15.7. The zero-order chi connectivity index (χ0) is 103. The Hall–Kier alpha value is -13.1. The van der Waals surface area contributed by atoms with Gasteiger partial charge < -0.3 is 102 Å². The fourth-order valence-corrected chi connectivity index (χ4v) is 15.9. The third-order valence-corrected chi connectivity index (χ3v) is 22.7. The minimum absolute atomic E-state index is 0. The number of aryl methyl sites for hydroxylation is 1. The van der Waals surface area contributed by atoms with E-state index in [2.05, 4.69) is 11.4 Å². The molecule has 0 fully saturated rings. The molecule has 16 rings (SSSR count). The molecule has 765 valence electrons. The molecule has 0 saturated carbocycles. The summed E-state index contributed by atoms with van der Waals surface area (Å²) in [5.41, 5.74) is 44.9. The van der Waals surface area contributed by atoms with Crippen molar-refractivity contribution in [3.8, 4) is 73.6 Å². The maximum Gasteiger partial charge on any atom is 1.00 e. The summed E-state index contributed by atoms with van der Waals surface area (Å²) in [5, 5.41) is 24.4. The molecule has 13 N–H and O–H groups in total. The Morgan fingerprint density at radius 1 is 0.399 bits per heavy atom. The molecule has 0 saturated heterocycles. The van der Waals surface area contributed by atoms with Gasteiger partial charge in [0, 0.05) is 153 Å². The van der Waals surface area contributed by atoms with E-state index in [1.165, 1.54) is 6.26 Å². The number of rotatable bonds is 35. The molecule has 0 unspecified atom stereocenters. The van der Waals surface area contributed by atoms with E-state index in [4.69, 9.17) is 105 Å². The van der Waals surface area contributed by atoms with Crippen molar-refractivity contribution in [2.24, 2.45) is 28.7 Å². The number of carbonyl (C=O) groups is 5. The number of hydrogen-bond donors (Lipinski definition) is 7. The molecule has 0 aliphatic heterocycles. The van der Waals surface area contributed by atoms with Crippen LogP contribution in [0.15, 0.2) is 261 Å². The molecule has 0 aliphatic carbocycles. The number of nitrogens with two attached hydrogens (primary N) is 5. The number of amides is 1. The second kappa shape index (κ2) is 58.6. The van der Waals surface area contributed by atoms with Gasteiger partial charge in [0.2, 0.25) is 0 Å². The maximum atomic E-state index is 15.7. The molecule has 0 bridgehead atoms. The van der Waals surface area contributed by atoms with Gasteiger partial charge in [-0.25, -0.2) is 22.4 Å². The number of esters is 3.